The average Bonchev–Trinajstić information content (AvgIpc) is 3.22. The Hall–Kier alpha value is -4.47. The molecule has 2 amide bonds. The van der Waals surface area contributed by atoms with Crippen molar-refractivity contribution >= 4 is 34.2 Å². The van der Waals surface area contributed by atoms with Crippen LogP contribution < -0.4 is 20.1 Å². The quantitative estimate of drug-likeness (QED) is 0.402. The van der Waals surface area contributed by atoms with Crippen LogP contribution in [0, 0.1) is 0 Å². The van der Waals surface area contributed by atoms with Crippen LogP contribution in [0.4, 0.5) is 24.5 Å². The molecule has 1 atom stereocenters. The van der Waals surface area contributed by atoms with Crippen molar-refractivity contribution in [2.75, 3.05) is 17.2 Å². The minimum absolute atomic E-state index is 0.0512. The lowest BCUT2D eigenvalue weighted by Gasteiger charge is -2.25. The van der Waals surface area contributed by atoms with E-state index in [-0.39, 0.29) is 23.7 Å². The fraction of sp³-hybridized carbons (Fsp3) is 0.120. The van der Waals surface area contributed by atoms with E-state index in [1.807, 2.05) is 0 Å². The van der Waals surface area contributed by atoms with Gasteiger partial charge in [0.1, 0.15) is 17.9 Å². The molecule has 178 valence electrons. The number of furan rings is 1. The van der Waals surface area contributed by atoms with Gasteiger partial charge in [-0.05, 0) is 42.5 Å². The predicted octanol–water partition coefficient (Wildman–Crippen LogP) is 5.48. The molecule has 1 aromatic heterocycles. The van der Waals surface area contributed by atoms with Gasteiger partial charge in [-0.1, -0.05) is 30.3 Å². The van der Waals surface area contributed by atoms with E-state index in [1.165, 1.54) is 12.1 Å². The maximum absolute atomic E-state index is 13.0. The molecule has 2 heterocycles. The molecule has 0 aliphatic carbocycles. The molecular weight excluding hydrogens is 465 g/mol. The van der Waals surface area contributed by atoms with Gasteiger partial charge in [0.15, 0.2) is 11.5 Å². The molecule has 0 fully saturated rings. The van der Waals surface area contributed by atoms with Crippen LogP contribution >= 0.6 is 0 Å². The van der Waals surface area contributed by atoms with E-state index in [1.54, 1.807) is 48.5 Å². The number of para-hydroxylation sites is 3. The highest BCUT2D eigenvalue weighted by Gasteiger charge is 2.32. The van der Waals surface area contributed by atoms with Crippen LogP contribution in [0.2, 0.25) is 0 Å². The summed E-state index contributed by atoms with van der Waals surface area (Å²) in [6, 6.07) is 17.7. The first-order chi connectivity index (χ1) is 16.8. The molecule has 5 rings (SSSR count). The molecule has 0 bridgehead atoms. The summed E-state index contributed by atoms with van der Waals surface area (Å²) in [6.45, 7) is -0.0512. The third kappa shape index (κ3) is 4.50. The summed E-state index contributed by atoms with van der Waals surface area (Å²) < 4.78 is 56.1. The number of ether oxygens (including phenoxy) is 2. The lowest BCUT2D eigenvalue weighted by Crippen LogP contribution is -2.40. The van der Waals surface area contributed by atoms with Gasteiger partial charge in [0.05, 0.1) is 5.56 Å². The van der Waals surface area contributed by atoms with Crippen LogP contribution in [-0.2, 0) is 11.0 Å². The second kappa shape index (κ2) is 8.71. The Morgan fingerprint density at radius 1 is 0.886 bits per heavy atom. The number of halogens is 3. The largest absolute Gasteiger partial charge is 0.485 e. The van der Waals surface area contributed by atoms with Crippen molar-refractivity contribution in [1.82, 2.24) is 0 Å². The van der Waals surface area contributed by atoms with Gasteiger partial charge in [-0.15, -0.1) is 0 Å². The second-order valence-corrected chi connectivity index (χ2v) is 7.69. The first-order valence-corrected chi connectivity index (χ1v) is 10.5. The molecule has 0 saturated carbocycles. The number of fused-ring (bicyclic) bond motifs is 2. The molecular formula is C25H17F3N2O5. The van der Waals surface area contributed by atoms with Gasteiger partial charge in [0, 0.05) is 11.1 Å². The molecule has 0 spiro atoms. The Balaban J connectivity index is 1.42. The maximum Gasteiger partial charge on any atom is 0.416 e. The van der Waals surface area contributed by atoms with Gasteiger partial charge < -0.3 is 24.5 Å². The molecule has 1 aliphatic rings. The first-order valence-electron chi connectivity index (χ1n) is 10.5. The van der Waals surface area contributed by atoms with E-state index in [0.29, 0.717) is 22.5 Å². The van der Waals surface area contributed by atoms with Crippen molar-refractivity contribution in [3.05, 3.63) is 84.1 Å². The lowest BCUT2D eigenvalue weighted by atomic mass is 10.1. The summed E-state index contributed by atoms with van der Waals surface area (Å²) in [5.74, 6) is -0.778. The highest BCUT2D eigenvalue weighted by molar-refractivity contribution is 6.15. The van der Waals surface area contributed by atoms with E-state index in [4.69, 9.17) is 13.9 Å². The second-order valence-electron chi connectivity index (χ2n) is 7.69. The van der Waals surface area contributed by atoms with Crippen molar-refractivity contribution in [2.24, 2.45) is 0 Å². The fourth-order valence-corrected chi connectivity index (χ4v) is 3.64. The molecule has 1 aliphatic heterocycles. The number of alkyl halides is 3. The zero-order valence-corrected chi connectivity index (χ0v) is 17.9. The number of amides is 2. The minimum Gasteiger partial charge on any atom is -0.485 e. The number of anilines is 2. The zero-order valence-electron chi connectivity index (χ0n) is 17.9. The van der Waals surface area contributed by atoms with Gasteiger partial charge in [-0.3, -0.25) is 9.59 Å². The Morgan fingerprint density at radius 2 is 1.63 bits per heavy atom. The van der Waals surface area contributed by atoms with Gasteiger partial charge in [-0.2, -0.15) is 13.2 Å². The summed E-state index contributed by atoms with van der Waals surface area (Å²) in [6.07, 6.45) is -5.57. The van der Waals surface area contributed by atoms with Crippen LogP contribution in [0.25, 0.3) is 11.0 Å². The maximum atomic E-state index is 13.0. The van der Waals surface area contributed by atoms with Gasteiger partial charge in [-0.25, -0.2) is 0 Å². The van der Waals surface area contributed by atoms with E-state index in [0.717, 1.165) is 12.1 Å². The monoisotopic (exact) mass is 482 g/mol. The Morgan fingerprint density at radius 3 is 2.43 bits per heavy atom. The average molecular weight is 482 g/mol. The van der Waals surface area contributed by atoms with Crippen molar-refractivity contribution in [2.45, 2.75) is 12.3 Å². The van der Waals surface area contributed by atoms with Crippen LogP contribution in [0.3, 0.4) is 0 Å². The standard InChI is InChI=1S/C25H17F3N2O5/c26-25(27,28)14-6-5-7-15(12-14)29-24(32)22-21(16-8-1-2-9-17(16)35-22)30-23(31)20-13-33-18-10-3-4-11-19(18)34-20/h1-12,20H,13H2,(H,29,32)(H,30,31). The molecule has 35 heavy (non-hydrogen) atoms. The van der Waals surface area contributed by atoms with Crippen LogP contribution in [0.5, 0.6) is 11.5 Å². The van der Waals surface area contributed by atoms with Crippen LogP contribution in [-0.4, -0.2) is 24.5 Å². The van der Waals surface area contributed by atoms with Crippen molar-refractivity contribution in [1.29, 1.82) is 0 Å². The molecule has 7 nitrogen and oxygen atoms in total. The van der Waals surface area contributed by atoms with E-state index in [2.05, 4.69) is 10.6 Å². The van der Waals surface area contributed by atoms with Gasteiger partial charge in [0.25, 0.3) is 11.8 Å². The molecule has 4 aromatic rings. The van der Waals surface area contributed by atoms with Gasteiger partial charge in [0.2, 0.25) is 11.9 Å². The summed E-state index contributed by atoms with van der Waals surface area (Å²) >= 11 is 0. The number of hydrogen-bond acceptors (Lipinski definition) is 5. The number of rotatable bonds is 4. The van der Waals surface area contributed by atoms with Crippen molar-refractivity contribution < 1.29 is 36.7 Å². The predicted molar refractivity (Wildman–Crippen MR) is 121 cm³/mol. The zero-order chi connectivity index (χ0) is 24.6. The number of nitrogens with one attached hydrogen (secondary N) is 2. The molecule has 3 aromatic carbocycles. The van der Waals surface area contributed by atoms with E-state index in [9.17, 15) is 22.8 Å². The SMILES string of the molecule is O=C(Nc1cccc(C(F)(F)F)c1)c1oc2ccccc2c1NC(=O)C1COc2ccccc2O1. The molecule has 1 unspecified atom stereocenters. The summed E-state index contributed by atoms with van der Waals surface area (Å²) in [5, 5.41) is 5.49. The number of benzene rings is 3. The third-order valence-electron chi connectivity index (χ3n) is 5.30. The number of hydrogen-bond donors (Lipinski definition) is 2. The van der Waals surface area contributed by atoms with Crippen molar-refractivity contribution in [3.63, 3.8) is 0 Å². The summed E-state index contributed by atoms with van der Waals surface area (Å²) in [5.41, 5.74) is -0.618. The smallest absolute Gasteiger partial charge is 0.416 e. The molecule has 0 radical (unpaired) electrons. The molecule has 2 N–H and O–H groups in total. The summed E-state index contributed by atoms with van der Waals surface area (Å²) in [7, 11) is 0. The van der Waals surface area contributed by atoms with Crippen molar-refractivity contribution in [3.8, 4) is 11.5 Å². The number of carbonyl (C=O) groups is 2. The Labute approximate surface area is 196 Å². The van der Waals surface area contributed by atoms with E-state index < -0.39 is 29.7 Å². The van der Waals surface area contributed by atoms with Crippen LogP contribution in [0.15, 0.2) is 77.2 Å². The Bertz CT molecular complexity index is 1430. The minimum atomic E-state index is -4.57. The van der Waals surface area contributed by atoms with Gasteiger partial charge >= 0.3 is 6.18 Å². The summed E-state index contributed by atoms with van der Waals surface area (Å²) in [4.78, 5) is 26.0. The Kier molecular flexibility index (Phi) is 5.56. The topological polar surface area (TPSA) is 89.8 Å². The number of carbonyl (C=O) groups excluding carboxylic acids is 2. The third-order valence-corrected chi connectivity index (χ3v) is 5.30. The first kappa shape index (κ1) is 22.3. The normalized spacial score (nSPS) is 15.0. The molecule has 10 heteroatoms. The van der Waals surface area contributed by atoms with E-state index >= 15 is 0 Å². The molecule has 0 saturated heterocycles. The highest BCUT2D eigenvalue weighted by atomic mass is 19.4. The fourth-order valence-electron chi connectivity index (χ4n) is 3.64. The van der Waals surface area contributed by atoms with Crippen LogP contribution in [0.1, 0.15) is 16.1 Å². The highest BCUT2D eigenvalue weighted by Crippen LogP contribution is 2.35. The lowest BCUT2D eigenvalue weighted by molar-refractivity contribution is -0.137.